The van der Waals surface area contributed by atoms with Crippen LogP contribution in [0.25, 0.3) is 0 Å². The first-order valence-electron chi connectivity index (χ1n) is 4.25. The molecule has 1 aromatic carbocycles. The molecule has 0 saturated carbocycles. The summed E-state index contributed by atoms with van der Waals surface area (Å²) in [5.74, 6) is 0.911. The SMILES string of the molecule is CNCCc1cc(OC)ccc1Br. The van der Waals surface area contributed by atoms with Crippen LogP contribution in [0.15, 0.2) is 22.7 Å². The van der Waals surface area contributed by atoms with Gasteiger partial charge >= 0.3 is 0 Å². The maximum absolute atomic E-state index is 5.15. The molecule has 1 rings (SSSR count). The Balaban J connectivity index is 2.78. The number of rotatable bonds is 4. The lowest BCUT2D eigenvalue weighted by molar-refractivity contribution is 0.414. The van der Waals surface area contributed by atoms with Crippen LogP contribution in [0.3, 0.4) is 0 Å². The van der Waals surface area contributed by atoms with Gasteiger partial charge in [-0.2, -0.15) is 0 Å². The van der Waals surface area contributed by atoms with Gasteiger partial charge in [0.15, 0.2) is 0 Å². The topological polar surface area (TPSA) is 21.3 Å². The third-order valence-corrected chi connectivity index (χ3v) is 2.67. The van der Waals surface area contributed by atoms with Crippen molar-refractivity contribution in [3.63, 3.8) is 0 Å². The normalized spacial score (nSPS) is 10.1. The second-order valence-electron chi connectivity index (χ2n) is 2.81. The smallest absolute Gasteiger partial charge is 0.119 e. The molecule has 0 aliphatic carbocycles. The van der Waals surface area contributed by atoms with E-state index >= 15 is 0 Å². The molecule has 0 aliphatic rings. The lowest BCUT2D eigenvalue weighted by atomic mass is 10.1. The van der Waals surface area contributed by atoms with Gasteiger partial charge in [-0.25, -0.2) is 0 Å². The molecule has 0 aromatic heterocycles. The fourth-order valence-electron chi connectivity index (χ4n) is 1.13. The average molecular weight is 244 g/mol. The van der Waals surface area contributed by atoms with Crippen molar-refractivity contribution in [3.05, 3.63) is 28.2 Å². The lowest BCUT2D eigenvalue weighted by Gasteiger charge is -2.06. The highest BCUT2D eigenvalue weighted by Crippen LogP contribution is 2.22. The van der Waals surface area contributed by atoms with E-state index in [2.05, 4.69) is 27.3 Å². The first kappa shape index (κ1) is 10.5. The van der Waals surface area contributed by atoms with E-state index in [1.165, 1.54) is 5.56 Å². The lowest BCUT2D eigenvalue weighted by Crippen LogP contribution is -2.10. The number of ether oxygens (including phenoxy) is 1. The van der Waals surface area contributed by atoms with Crippen molar-refractivity contribution >= 4 is 15.9 Å². The first-order valence-corrected chi connectivity index (χ1v) is 5.04. The van der Waals surface area contributed by atoms with Crippen LogP contribution in [0.2, 0.25) is 0 Å². The highest BCUT2D eigenvalue weighted by molar-refractivity contribution is 9.10. The van der Waals surface area contributed by atoms with E-state index in [4.69, 9.17) is 4.74 Å². The molecule has 0 amide bonds. The molecule has 2 nitrogen and oxygen atoms in total. The van der Waals surface area contributed by atoms with Crippen molar-refractivity contribution in [2.75, 3.05) is 20.7 Å². The van der Waals surface area contributed by atoms with E-state index in [-0.39, 0.29) is 0 Å². The van der Waals surface area contributed by atoms with Crippen molar-refractivity contribution < 1.29 is 4.74 Å². The summed E-state index contributed by atoms with van der Waals surface area (Å²) in [6.45, 7) is 0.978. The molecule has 0 unspecified atom stereocenters. The molecule has 72 valence electrons. The number of halogens is 1. The summed E-state index contributed by atoms with van der Waals surface area (Å²) in [5.41, 5.74) is 1.27. The molecule has 0 saturated heterocycles. The van der Waals surface area contributed by atoms with E-state index in [1.807, 2.05) is 19.2 Å². The number of nitrogens with one attached hydrogen (secondary N) is 1. The molecular weight excluding hydrogens is 230 g/mol. The zero-order valence-corrected chi connectivity index (χ0v) is 9.52. The molecule has 13 heavy (non-hydrogen) atoms. The minimum atomic E-state index is 0.911. The van der Waals surface area contributed by atoms with Crippen molar-refractivity contribution in [1.29, 1.82) is 0 Å². The maximum Gasteiger partial charge on any atom is 0.119 e. The number of methoxy groups -OCH3 is 1. The fourth-order valence-corrected chi connectivity index (χ4v) is 1.57. The molecule has 0 radical (unpaired) electrons. The Labute approximate surface area is 87.4 Å². The minimum absolute atomic E-state index is 0.911. The number of likely N-dealkylation sites (N-methyl/N-ethyl adjacent to an activating group) is 1. The van der Waals surface area contributed by atoms with Crippen LogP contribution in [0.5, 0.6) is 5.75 Å². The van der Waals surface area contributed by atoms with Crippen LogP contribution < -0.4 is 10.1 Å². The van der Waals surface area contributed by atoms with Crippen molar-refractivity contribution in [2.45, 2.75) is 6.42 Å². The van der Waals surface area contributed by atoms with Gasteiger partial charge in [-0.15, -0.1) is 0 Å². The van der Waals surface area contributed by atoms with Crippen molar-refractivity contribution in [1.82, 2.24) is 5.32 Å². The van der Waals surface area contributed by atoms with Crippen LogP contribution in [0.1, 0.15) is 5.56 Å². The van der Waals surface area contributed by atoms with Gasteiger partial charge in [0, 0.05) is 4.47 Å². The Morgan fingerprint density at radius 2 is 2.23 bits per heavy atom. The number of hydrogen-bond acceptors (Lipinski definition) is 2. The van der Waals surface area contributed by atoms with Gasteiger partial charge in [0.25, 0.3) is 0 Å². The van der Waals surface area contributed by atoms with Crippen LogP contribution in [0, 0.1) is 0 Å². The van der Waals surface area contributed by atoms with E-state index in [0.29, 0.717) is 0 Å². The summed E-state index contributed by atoms with van der Waals surface area (Å²) in [4.78, 5) is 0. The van der Waals surface area contributed by atoms with Gasteiger partial charge in [0.2, 0.25) is 0 Å². The molecule has 1 N–H and O–H groups in total. The fraction of sp³-hybridized carbons (Fsp3) is 0.400. The van der Waals surface area contributed by atoms with Gasteiger partial charge < -0.3 is 10.1 Å². The Morgan fingerprint density at radius 3 is 2.85 bits per heavy atom. The van der Waals surface area contributed by atoms with E-state index in [1.54, 1.807) is 7.11 Å². The van der Waals surface area contributed by atoms with Gasteiger partial charge in [-0.05, 0) is 43.8 Å². The summed E-state index contributed by atoms with van der Waals surface area (Å²) in [7, 11) is 3.64. The second kappa shape index (κ2) is 5.25. The molecule has 3 heteroatoms. The highest BCUT2D eigenvalue weighted by atomic mass is 79.9. The van der Waals surface area contributed by atoms with Crippen molar-refractivity contribution in [3.8, 4) is 5.75 Å². The van der Waals surface area contributed by atoms with E-state index in [0.717, 1.165) is 23.2 Å². The van der Waals surface area contributed by atoms with Gasteiger partial charge in [-0.3, -0.25) is 0 Å². The van der Waals surface area contributed by atoms with E-state index in [9.17, 15) is 0 Å². The molecule has 0 heterocycles. The zero-order valence-electron chi connectivity index (χ0n) is 7.93. The Bertz CT molecular complexity index is 276. The number of benzene rings is 1. The molecule has 1 aromatic rings. The van der Waals surface area contributed by atoms with Crippen LogP contribution in [0.4, 0.5) is 0 Å². The average Bonchev–Trinajstić information content (AvgIpc) is 2.17. The Hall–Kier alpha value is -0.540. The van der Waals surface area contributed by atoms with Gasteiger partial charge in [0.1, 0.15) is 5.75 Å². The van der Waals surface area contributed by atoms with Crippen LogP contribution in [-0.4, -0.2) is 20.7 Å². The highest BCUT2D eigenvalue weighted by Gasteiger charge is 2.00. The molecule has 0 bridgehead atoms. The maximum atomic E-state index is 5.15. The predicted octanol–water partition coefficient (Wildman–Crippen LogP) is 2.22. The molecule has 0 spiro atoms. The van der Waals surface area contributed by atoms with E-state index < -0.39 is 0 Å². The second-order valence-corrected chi connectivity index (χ2v) is 3.67. The summed E-state index contributed by atoms with van der Waals surface area (Å²) in [5, 5.41) is 3.12. The Kier molecular flexibility index (Phi) is 4.25. The van der Waals surface area contributed by atoms with Gasteiger partial charge in [-0.1, -0.05) is 15.9 Å². The van der Waals surface area contributed by atoms with Crippen molar-refractivity contribution in [2.24, 2.45) is 0 Å². The quantitative estimate of drug-likeness (QED) is 0.876. The third kappa shape index (κ3) is 3.01. The monoisotopic (exact) mass is 243 g/mol. The molecular formula is C10H14BrNO. The molecule has 0 atom stereocenters. The minimum Gasteiger partial charge on any atom is -0.497 e. The summed E-state index contributed by atoms with van der Waals surface area (Å²) < 4.78 is 6.29. The number of hydrogen-bond donors (Lipinski definition) is 1. The largest absolute Gasteiger partial charge is 0.497 e. The molecule has 0 aliphatic heterocycles. The molecule has 0 fully saturated rings. The van der Waals surface area contributed by atoms with Gasteiger partial charge in [0.05, 0.1) is 7.11 Å². The standard InChI is InChI=1S/C10H14BrNO/c1-12-6-5-8-7-9(13-2)3-4-10(8)11/h3-4,7,12H,5-6H2,1-2H3. The van der Waals surface area contributed by atoms with Crippen LogP contribution in [-0.2, 0) is 6.42 Å². The summed E-state index contributed by atoms with van der Waals surface area (Å²) in [6, 6.07) is 6.03. The summed E-state index contributed by atoms with van der Waals surface area (Å²) in [6.07, 6.45) is 1.01. The zero-order chi connectivity index (χ0) is 9.68. The summed E-state index contributed by atoms with van der Waals surface area (Å²) >= 11 is 3.51. The third-order valence-electron chi connectivity index (χ3n) is 1.90. The first-order chi connectivity index (χ1) is 6.27. The van der Waals surface area contributed by atoms with Crippen LogP contribution >= 0.6 is 15.9 Å². The predicted molar refractivity (Wildman–Crippen MR) is 58.3 cm³/mol. The Morgan fingerprint density at radius 1 is 1.46 bits per heavy atom.